The molecular formula is C15H11Cl2FO2. The highest BCUT2D eigenvalue weighted by Crippen LogP contribution is 2.29. The van der Waals surface area contributed by atoms with Crippen molar-refractivity contribution in [1.82, 2.24) is 0 Å². The van der Waals surface area contributed by atoms with Crippen molar-refractivity contribution in [2.45, 2.75) is 12.3 Å². The number of hydrogen-bond donors (Lipinski definition) is 1. The van der Waals surface area contributed by atoms with Gasteiger partial charge in [-0.15, -0.1) is 0 Å². The van der Waals surface area contributed by atoms with E-state index >= 15 is 0 Å². The third-order valence-electron chi connectivity index (χ3n) is 3.03. The van der Waals surface area contributed by atoms with Crippen LogP contribution in [0.1, 0.15) is 17.0 Å². The fourth-order valence-corrected chi connectivity index (χ4v) is 2.27. The number of rotatable bonds is 4. The second-order valence-corrected chi connectivity index (χ2v) is 5.17. The monoisotopic (exact) mass is 312 g/mol. The van der Waals surface area contributed by atoms with Gasteiger partial charge in [-0.25, -0.2) is 4.39 Å². The first-order valence-electron chi connectivity index (χ1n) is 5.90. The molecule has 2 rings (SSSR count). The highest BCUT2D eigenvalue weighted by Gasteiger charge is 2.22. The summed E-state index contributed by atoms with van der Waals surface area (Å²) in [6.07, 6.45) is 0.0555. The molecule has 20 heavy (non-hydrogen) atoms. The molecule has 0 aliphatic rings. The van der Waals surface area contributed by atoms with Crippen LogP contribution in [0.3, 0.4) is 0 Å². The lowest BCUT2D eigenvalue weighted by Crippen LogP contribution is -2.15. The minimum absolute atomic E-state index is 0.0555. The number of carboxylic acids is 1. The minimum Gasteiger partial charge on any atom is -0.481 e. The Balaban J connectivity index is 2.34. The first kappa shape index (κ1) is 14.8. The first-order valence-corrected chi connectivity index (χ1v) is 6.66. The zero-order valence-corrected chi connectivity index (χ0v) is 11.8. The van der Waals surface area contributed by atoms with E-state index in [0.717, 1.165) is 0 Å². The van der Waals surface area contributed by atoms with Crippen molar-refractivity contribution < 1.29 is 14.3 Å². The summed E-state index contributed by atoms with van der Waals surface area (Å²) in [5.74, 6) is -2.33. The van der Waals surface area contributed by atoms with E-state index in [1.54, 1.807) is 24.3 Å². The lowest BCUT2D eigenvalue weighted by molar-refractivity contribution is -0.138. The van der Waals surface area contributed by atoms with Gasteiger partial charge in [-0.3, -0.25) is 4.79 Å². The van der Waals surface area contributed by atoms with E-state index in [1.807, 2.05) is 0 Å². The third-order valence-corrected chi connectivity index (χ3v) is 3.77. The SMILES string of the molecule is O=C(O)C(Cc1ccccc1F)c1ccc(Cl)c(Cl)c1. The maximum Gasteiger partial charge on any atom is 0.311 e. The van der Waals surface area contributed by atoms with Crippen LogP contribution in [0.4, 0.5) is 4.39 Å². The summed E-state index contributed by atoms with van der Waals surface area (Å²) in [5, 5.41) is 9.97. The maximum atomic E-state index is 13.6. The molecule has 0 radical (unpaired) electrons. The molecule has 0 amide bonds. The zero-order chi connectivity index (χ0) is 14.7. The molecule has 1 unspecified atom stereocenters. The standard InChI is InChI=1S/C15H11Cl2FO2/c16-12-6-5-9(8-13(12)17)11(15(19)20)7-10-3-1-2-4-14(10)18/h1-6,8,11H,7H2,(H,19,20). The smallest absolute Gasteiger partial charge is 0.311 e. The highest BCUT2D eigenvalue weighted by molar-refractivity contribution is 6.42. The van der Waals surface area contributed by atoms with E-state index in [-0.39, 0.29) is 11.4 Å². The lowest BCUT2D eigenvalue weighted by Gasteiger charge is -2.14. The number of carboxylic acid groups (broad SMARTS) is 1. The molecule has 0 fully saturated rings. The van der Waals surface area contributed by atoms with Crippen molar-refractivity contribution >= 4 is 29.2 Å². The molecule has 0 aliphatic heterocycles. The number of carbonyl (C=O) groups is 1. The predicted molar refractivity (Wildman–Crippen MR) is 76.9 cm³/mol. The highest BCUT2D eigenvalue weighted by atomic mass is 35.5. The van der Waals surface area contributed by atoms with Gasteiger partial charge >= 0.3 is 5.97 Å². The van der Waals surface area contributed by atoms with E-state index in [4.69, 9.17) is 23.2 Å². The van der Waals surface area contributed by atoms with Gasteiger partial charge in [0.15, 0.2) is 0 Å². The van der Waals surface area contributed by atoms with Crippen LogP contribution in [0.15, 0.2) is 42.5 Å². The van der Waals surface area contributed by atoms with Gasteiger partial charge in [0.2, 0.25) is 0 Å². The Morgan fingerprint density at radius 3 is 2.45 bits per heavy atom. The number of hydrogen-bond acceptors (Lipinski definition) is 1. The Hall–Kier alpha value is -1.58. The fourth-order valence-electron chi connectivity index (χ4n) is 1.96. The molecule has 0 bridgehead atoms. The average molecular weight is 313 g/mol. The molecule has 0 spiro atoms. The molecule has 1 atom stereocenters. The largest absolute Gasteiger partial charge is 0.481 e. The molecule has 5 heteroatoms. The summed E-state index contributed by atoms with van der Waals surface area (Å²) in [4.78, 5) is 11.4. The van der Waals surface area contributed by atoms with Crippen molar-refractivity contribution in [1.29, 1.82) is 0 Å². The van der Waals surface area contributed by atoms with E-state index in [9.17, 15) is 14.3 Å². The van der Waals surface area contributed by atoms with Crippen LogP contribution in [-0.4, -0.2) is 11.1 Å². The summed E-state index contributed by atoms with van der Waals surface area (Å²) < 4.78 is 13.6. The van der Waals surface area contributed by atoms with Crippen LogP contribution in [0.2, 0.25) is 10.0 Å². The van der Waals surface area contributed by atoms with Gasteiger partial charge in [0.05, 0.1) is 16.0 Å². The van der Waals surface area contributed by atoms with Crippen molar-refractivity contribution in [2.24, 2.45) is 0 Å². The Kier molecular flexibility index (Phi) is 4.63. The van der Waals surface area contributed by atoms with Gasteiger partial charge in [0.1, 0.15) is 5.82 Å². The second-order valence-electron chi connectivity index (χ2n) is 4.36. The third kappa shape index (κ3) is 3.30. The fraction of sp³-hybridized carbons (Fsp3) is 0.133. The summed E-state index contributed by atoms with van der Waals surface area (Å²) in [6, 6.07) is 10.7. The Morgan fingerprint density at radius 2 is 1.85 bits per heavy atom. The number of aliphatic carboxylic acids is 1. The van der Waals surface area contributed by atoms with Gasteiger partial charge < -0.3 is 5.11 Å². The molecule has 0 heterocycles. The summed E-state index contributed by atoms with van der Waals surface area (Å²) in [7, 11) is 0. The van der Waals surface area contributed by atoms with Crippen LogP contribution in [-0.2, 0) is 11.2 Å². The molecule has 2 nitrogen and oxygen atoms in total. The van der Waals surface area contributed by atoms with Crippen LogP contribution in [0.5, 0.6) is 0 Å². The van der Waals surface area contributed by atoms with Crippen molar-refractivity contribution in [3.05, 3.63) is 69.5 Å². The van der Waals surface area contributed by atoms with Crippen LogP contribution in [0.25, 0.3) is 0 Å². The topological polar surface area (TPSA) is 37.3 Å². The summed E-state index contributed by atoms with van der Waals surface area (Å²) >= 11 is 11.7. The Labute approximate surface area is 125 Å². The lowest BCUT2D eigenvalue weighted by atomic mass is 9.92. The van der Waals surface area contributed by atoms with Crippen molar-refractivity contribution in [3.63, 3.8) is 0 Å². The molecule has 0 aromatic heterocycles. The molecule has 0 aliphatic carbocycles. The maximum absolute atomic E-state index is 13.6. The number of halogens is 3. The average Bonchev–Trinajstić information content (AvgIpc) is 2.41. The number of benzene rings is 2. The van der Waals surface area contributed by atoms with Gasteiger partial charge in [0.25, 0.3) is 0 Å². The second kappa shape index (κ2) is 6.25. The van der Waals surface area contributed by atoms with Crippen LogP contribution >= 0.6 is 23.2 Å². The van der Waals surface area contributed by atoms with Gasteiger partial charge in [-0.1, -0.05) is 47.5 Å². The van der Waals surface area contributed by atoms with E-state index < -0.39 is 17.7 Å². The van der Waals surface area contributed by atoms with Gasteiger partial charge in [-0.2, -0.15) is 0 Å². The minimum atomic E-state index is -1.04. The molecular weight excluding hydrogens is 302 g/mol. The predicted octanol–water partition coefficient (Wildman–Crippen LogP) is 4.54. The molecule has 0 saturated heterocycles. The zero-order valence-electron chi connectivity index (χ0n) is 10.3. The molecule has 104 valence electrons. The summed E-state index contributed by atoms with van der Waals surface area (Å²) in [5.41, 5.74) is 0.848. The molecule has 1 N–H and O–H groups in total. The van der Waals surface area contributed by atoms with E-state index in [2.05, 4.69) is 0 Å². The Bertz CT molecular complexity index is 644. The van der Waals surface area contributed by atoms with Gasteiger partial charge in [0, 0.05) is 0 Å². The quantitative estimate of drug-likeness (QED) is 0.899. The Morgan fingerprint density at radius 1 is 1.15 bits per heavy atom. The van der Waals surface area contributed by atoms with Crippen molar-refractivity contribution in [3.8, 4) is 0 Å². The van der Waals surface area contributed by atoms with Crippen LogP contribution < -0.4 is 0 Å². The molecule has 0 saturated carbocycles. The molecule has 2 aromatic rings. The van der Waals surface area contributed by atoms with E-state index in [1.165, 1.54) is 18.2 Å². The molecule has 2 aromatic carbocycles. The van der Waals surface area contributed by atoms with Gasteiger partial charge in [-0.05, 0) is 35.7 Å². The first-order chi connectivity index (χ1) is 9.49. The normalized spacial score (nSPS) is 12.2. The van der Waals surface area contributed by atoms with E-state index in [0.29, 0.717) is 16.1 Å². The summed E-state index contributed by atoms with van der Waals surface area (Å²) in [6.45, 7) is 0. The van der Waals surface area contributed by atoms with Crippen LogP contribution in [0, 0.1) is 5.82 Å². The van der Waals surface area contributed by atoms with Crippen molar-refractivity contribution in [2.75, 3.05) is 0 Å².